The Hall–Kier alpha value is -3.36. The minimum atomic E-state index is -0.772. The molecule has 6 bridgehead atoms. The molecule has 2 aromatic rings. The van der Waals surface area contributed by atoms with Crippen LogP contribution in [0.1, 0.15) is 114 Å². The van der Waals surface area contributed by atoms with Crippen molar-refractivity contribution in [2.45, 2.75) is 134 Å². The van der Waals surface area contributed by atoms with Crippen molar-refractivity contribution in [3.63, 3.8) is 0 Å². The minimum Gasteiger partial charge on any atom is -0.504 e. The number of anilines is 1. The van der Waals surface area contributed by atoms with Crippen LogP contribution in [-0.2, 0) is 33.7 Å². The van der Waals surface area contributed by atoms with Gasteiger partial charge in [-0.15, -0.1) is 0 Å². The van der Waals surface area contributed by atoms with Crippen LogP contribution in [0.15, 0.2) is 35.5 Å². The van der Waals surface area contributed by atoms with E-state index in [-0.39, 0.29) is 36.2 Å². The van der Waals surface area contributed by atoms with Gasteiger partial charge in [0.1, 0.15) is 11.4 Å². The lowest BCUT2D eigenvalue weighted by molar-refractivity contribution is -0.168. The predicted molar refractivity (Wildman–Crippen MR) is 220 cm³/mol. The number of guanidine groups is 1. The van der Waals surface area contributed by atoms with E-state index in [9.17, 15) is 19.8 Å². The first-order valence-electron chi connectivity index (χ1n) is 20.2. The summed E-state index contributed by atoms with van der Waals surface area (Å²) in [5, 5.41) is 26.4. The van der Waals surface area contributed by atoms with Gasteiger partial charge in [0.15, 0.2) is 17.5 Å². The lowest BCUT2D eigenvalue weighted by atomic mass is 9.72. The SMILES string of the molecule is CC(=O)O[C@@]12CCc3cc(c(O)c(OC4CCCC4)c3)CN3C[C@](Cc4ccnc(N)c4)(CCNC(N)=NCSSCCCCC[C@H](CC1)[C@H](O)C2)CC3=O. The minimum absolute atomic E-state index is 0.0112. The first kappa shape index (κ1) is 41.3. The Balaban J connectivity index is 1.29. The summed E-state index contributed by atoms with van der Waals surface area (Å²) >= 11 is 0. The van der Waals surface area contributed by atoms with Gasteiger partial charge in [-0.3, -0.25) is 9.59 Å². The van der Waals surface area contributed by atoms with E-state index in [0.717, 1.165) is 74.7 Å². The van der Waals surface area contributed by atoms with Crippen molar-refractivity contribution in [1.29, 1.82) is 0 Å². The van der Waals surface area contributed by atoms with Crippen molar-refractivity contribution in [3.05, 3.63) is 47.2 Å². The van der Waals surface area contributed by atoms with Crippen molar-refractivity contribution >= 4 is 45.2 Å². The number of aryl methyl sites for hydroxylation is 1. The zero-order valence-electron chi connectivity index (χ0n) is 32.3. The average Bonchev–Trinajstić information content (AvgIpc) is 3.75. The number of benzene rings is 1. The lowest BCUT2D eigenvalue weighted by Gasteiger charge is -2.42. The number of ether oxygens (including phenoxy) is 2. The zero-order valence-corrected chi connectivity index (χ0v) is 33.9. The maximum absolute atomic E-state index is 13.9. The molecule has 0 unspecified atom stereocenters. The van der Waals surface area contributed by atoms with E-state index in [0.29, 0.717) is 87.0 Å². The monoisotopic (exact) mass is 796 g/mol. The molecule has 4 atom stereocenters. The number of phenolic OH excluding ortho intramolecular Hbond substituents is 1. The number of aromatic nitrogens is 1. The number of fused-ring (bicyclic) bond motifs is 14. The third kappa shape index (κ3) is 11.6. The largest absolute Gasteiger partial charge is 0.504 e. The second kappa shape index (κ2) is 19.2. The Bertz CT molecular complexity index is 1660. The Morgan fingerprint density at radius 3 is 2.65 bits per heavy atom. The Morgan fingerprint density at radius 2 is 1.87 bits per heavy atom. The number of aromatic hydroxyl groups is 1. The van der Waals surface area contributed by atoms with Crippen molar-refractivity contribution in [2.24, 2.45) is 22.1 Å². The van der Waals surface area contributed by atoms with Gasteiger partial charge in [-0.2, -0.15) is 0 Å². The van der Waals surface area contributed by atoms with E-state index in [2.05, 4.69) is 15.3 Å². The summed E-state index contributed by atoms with van der Waals surface area (Å²) in [5.41, 5.74) is 13.7. The van der Waals surface area contributed by atoms with E-state index in [1.807, 2.05) is 29.2 Å². The molecule has 302 valence electrons. The molecule has 1 amide bonds. The van der Waals surface area contributed by atoms with Gasteiger partial charge in [0.25, 0.3) is 0 Å². The van der Waals surface area contributed by atoms with Crippen molar-refractivity contribution in [1.82, 2.24) is 15.2 Å². The van der Waals surface area contributed by atoms with Crippen LogP contribution in [-0.4, -0.2) is 80.5 Å². The van der Waals surface area contributed by atoms with Gasteiger partial charge in [0, 0.05) is 62.3 Å². The Morgan fingerprint density at radius 1 is 1.05 bits per heavy atom. The van der Waals surface area contributed by atoms with Gasteiger partial charge in [-0.25, -0.2) is 9.98 Å². The molecule has 0 spiro atoms. The molecule has 12 nitrogen and oxygen atoms in total. The first-order valence-corrected chi connectivity index (χ1v) is 22.6. The van der Waals surface area contributed by atoms with Gasteiger partial charge < -0.3 is 41.4 Å². The molecule has 5 aliphatic rings. The highest BCUT2D eigenvalue weighted by Crippen LogP contribution is 2.44. The van der Waals surface area contributed by atoms with E-state index >= 15 is 0 Å². The number of nitrogens with one attached hydrogen (secondary N) is 1. The Kier molecular flexibility index (Phi) is 14.4. The highest BCUT2D eigenvalue weighted by Gasteiger charge is 2.44. The number of hydrogen-bond acceptors (Lipinski definition) is 13. The molecular formula is C41H60N6O6S2. The third-order valence-corrected chi connectivity index (χ3v) is 14.1. The van der Waals surface area contributed by atoms with Crippen LogP contribution in [0.3, 0.4) is 0 Å². The number of pyridine rings is 1. The topological polar surface area (TPSA) is 186 Å². The molecule has 1 aromatic carbocycles. The smallest absolute Gasteiger partial charge is 0.303 e. The van der Waals surface area contributed by atoms with E-state index in [1.54, 1.807) is 27.8 Å². The molecule has 55 heavy (non-hydrogen) atoms. The number of hydrogen-bond donors (Lipinski definition) is 5. The number of nitrogens with zero attached hydrogens (tertiary/aromatic N) is 3. The van der Waals surface area contributed by atoms with Gasteiger partial charge in [0.05, 0.1) is 18.1 Å². The van der Waals surface area contributed by atoms with Crippen LogP contribution >= 0.6 is 21.6 Å². The number of aliphatic hydroxyl groups is 1. The quantitative estimate of drug-likeness (QED) is 0.169. The highest BCUT2D eigenvalue weighted by atomic mass is 33.1. The number of carbonyl (C=O) groups is 2. The van der Waals surface area contributed by atoms with E-state index in [4.69, 9.17) is 20.9 Å². The maximum Gasteiger partial charge on any atom is 0.303 e. The number of carbonyl (C=O) groups excluding carboxylic acids is 2. The molecule has 4 heterocycles. The maximum atomic E-state index is 13.9. The van der Waals surface area contributed by atoms with Crippen LogP contribution in [0.4, 0.5) is 5.82 Å². The predicted octanol–water partition coefficient (Wildman–Crippen LogP) is 6.26. The van der Waals surface area contributed by atoms with Crippen LogP contribution in [0.25, 0.3) is 0 Å². The molecule has 0 radical (unpaired) electrons. The fourth-order valence-electron chi connectivity index (χ4n) is 9.14. The van der Waals surface area contributed by atoms with Crippen molar-refractivity contribution in [3.8, 4) is 11.5 Å². The van der Waals surface area contributed by atoms with Gasteiger partial charge >= 0.3 is 5.97 Å². The molecule has 2 aliphatic carbocycles. The Labute approximate surface area is 333 Å². The third-order valence-electron chi connectivity index (χ3n) is 12.0. The molecule has 3 aliphatic heterocycles. The summed E-state index contributed by atoms with van der Waals surface area (Å²) in [5.74, 6) is 2.73. The molecule has 7 N–H and O–H groups in total. The fourth-order valence-corrected chi connectivity index (χ4v) is 10.9. The zero-order chi connectivity index (χ0) is 38.8. The lowest BCUT2D eigenvalue weighted by Crippen LogP contribution is -2.45. The van der Waals surface area contributed by atoms with Crippen molar-refractivity contribution in [2.75, 3.05) is 30.5 Å². The molecule has 14 heteroatoms. The van der Waals surface area contributed by atoms with Crippen LogP contribution in [0.5, 0.6) is 11.5 Å². The van der Waals surface area contributed by atoms with Crippen LogP contribution < -0.4 is 21.5 Å². The number of aliphatic hydroxyl groups excluding tert-OH is 1. The molecule has 1 aromatic heterocycles. The molecule has 1 saturated heterocycles. The molecule has 2 saturated carbocycles. The first-order chi connectivity index (χ1) is 26.5. The van der Waals surface area contributed by atoms with Crippen LogP contribution in [0.2, 0.25) is 0 Å². The van der Waals surface area contributed by atoms with Gasteiger partial charge in [-0.05, 0) is 112 Å². The summed E-state index contributed by atoms with van der Waals surface area (Å²) < 4.78 is 12.5. The molecular weight excluding hydrogens is 737 g/mol. The summed E-state index contributed by atoms with van der Waals surface area (Å²) in [6.45, 7) is 2.70. The van der Waals surface area contributed by atoms with Crippen LogP contribution in [0, 0.1) is 11.3 Å². The second-order valence-electron chi connectivity index (χ2n) is 16.3. The second-order valence-corrected chi connectivity index (χ2v) is 18.9. The highest BCUT2D eigenvalue weighted by molar-refractivity contribution is 8.76. The number of esters is 1. The normalized spacial score (nSPS) is 28.0. The summed E-state index contributed by atoms with van der Waals surface area (Å²) in [4.78, 5) is 36.9. The number of nitrogens with two attached hydrogens (primary N) is 2. The number of aliphatic imine (C=N–C) groups is 1. The van der Waals surface area contributed by atoms with Gasteiger partial charge in [-0.1, -0.05) is 40.5 Å². The number of rotatable bonds is 5. The van der Waals surface area contributed by atoms with E-state index < -0.39 is 17.1 Å². The number of phenols is 1. The summed E-state index contributed by atoms with van der Waals surface area (Å²) in [7, 11) is 3.48. The molecule has 3 fully saturated rings. The van der Waals surface area contributed by atoms with Crippen molar-refractivity contribution < 1.29 is 29.3 Å². The average molecular weight is 797 g/mol. The van der Waals surface area contributed by atoms with Gasteiger partial charge in [0.2, 0.25) is 5.91 Å². The summed E-state index contributed by atoms with van der Waals surface area (Å²) in [6.07, 6.45) is 14.1. The number of amides is 1. The summed E-state index contributed by atoms with van der Waals surface area (Å²) in [6, 6.07) is 7.69. The standard InChI is InChI=1S/C41H60N6O6S2/c1-28(48)53-41-13-10-29-19-32(38(51)35(20-29)52-33-8-4-5-9-33)25-47-26-40(24-37(47)50,22-30-12-16-44-36(42)21-30)15-17-45-39(43)46-27-55-54-18-6-2-3-7-31(11-14-41)34(49)23-41/h12,16,19-21,31,33-34,49,51H,2-11,13-15,17-18,22-27H2,1H3,(H2,42,44)(H3,43,45,46)/t31-,34-,40+,41+/m1/s1. The fraction of sp³-hybridized carbons (Fsp3) is 0.659. The van der Waals surface area contributed by atoms with E-state index in [1.165, 1.54) is 6.92 Å². The number of nitrogen functional groups attached to an aromatic ring is 1. The molecule has 7 rings (SSSR count).